The molecule has 0 spiro atoms. The highest BCUT2D eigenvalue weighted by Crippen LogP contribution is 2.26. The van der Waals surface area contributed by atoms with Gasteiger partial charge in [0, 0.05) is 0 Å². The number of amides is 1. The topological polar surface area (TPSA) is 92.3 Å². The van der Waals surface area contributed by atoms with Crippen molar-refractivity contribution in [1.29, 1.82) is 5.26 Å². The lowest BCUT2D eigenvalue weighted by Gasteiger charge is -2.09. The van der Waals surface area contributed by atoms with E-state index in [9.17, 15) is 14.9 Å². The first-order valence-electron chi connectivity index (χ1n) is 7.37. The number of anilines is 1. The van der Waals surface area contributed by atoms with Gasteiger partial charge >= 0.3 is 0 Å². The molecule has 0 bridgehead atoms. The quantitative estimate of drug-likeness (QED) is 0.851. The SMILES string of the molecule is CC(=O)c1c(C)oc(NC(=O)COc2ccc(C)cc2C)c1C#N. The van der Waals surface area contributed by atoms with Crippen molar-refractivity contribution in [1.82, 2.24) is 0 Å². The number of ketones is 1. The van der Waals surface area contributed by atoms with Gasteiger partial charge in [-0.05, 0) is 39.3 Å². The molecule has 6 heteroatoms. The molecular formula is C18H18N2O4. The van der Waals surface area contributed by atoms with Crippen molar-refractivity contribution < 1.29 is 18.7 Å². The van der Waals surface area contributed by atoms with E-state index in [0.29, 0.717) is 11.5 Å². The van der Waals surface area contributed by atoms with E-state index in [1.165, 1.54) is 6.92 Å². The molecule has 1 heterocycles. The number of hydrogen-bond donors (Lipinski definition) is 1. The van der Waals surface area contributed by atoms with Gasteiger partial charge in [0.2, 0.25) is 5.88 Å². The van der Waals surface area contributed by atoms with Gasteiger partial charge in [-0.2, -0.15) is 5.26 Å². The minimum Gasteiger partial charge on any atom is -0.483 e. The lowest BCUT2D eigenvalue weighted by molar-refractivity contribution is -0.118. The second-order valence-electron chi connectivity index (χ2n) is 5.51. The second-order valence-corrected chi connectivity index (χ2v) is 5.51. The standard InChI is InChI=1S/C18H18N2O4/c1-10-5-6-15(11(2)7-10)23-9-16(22)20-18-14(8-19)17(12(3)21)13(4)24-18/h5-7H,9H2,1-4H3,(H,20,22). The molecule has 2 aromatic rings. The number of hydrogen-bond acceptors (Lipinski definition) is 5. The van der Waals surface area contributed by atoms with Crippen molar-refractivity contribution in [2.75, 3.05) is 11.9 Å². The maximum Gasteiger partial charge on any atom is 0.264 e. The lowest BCUT2D eigenvalue weighted by atomic mass is 10.1. The number of benzene rings is 1. The minimum absolute atomic E-state index is 0.0277. The zero-order valence-corrected chi connectivity index (χ0v) is 14.0. The van der Waals surface area contributed by atoms with E-state index >= 15 is 0 Å². The number of rotatable bonds is 5. The van der Waals surface area contributed by atoms with Gasteiger partial charge in [-0.3, -0.25) is 14.9 Å². The van der Waals surface area contributed by atoms with Gasteiger partial charge in [0.25, 0.3) is 5.91 Å². The highest BCUT2D eigenvalue weighted by molar-refractivity contribution is 6.01. The van der Waals surface area contributed by atoms with Crippen molar-refractivity contribution in [3.05, 3.63) is 46.2 Å². The molecule has 24 heavy (non-hydrogen) atoms. The zero-order valence-electron chi connectivity index (χ0n) is 14.0. The molecule has 0 radical (unpaired) electrons. The highest BCUT2D eigenvalue weighted by Gasteiger charge is 2.22. The van der Waals surface area contributed by atoms with Crippen LogP contribution in [-0.2, 0) is 4.79 Å². The predicted octanol–water partition coefficient (Wildman–Crippen LogP) is 3.30. The first-order chi connectivity index (χ1) is 11.3. The van der Waals surface area contributed by atoms with Crippen LogP contribution in [0.1, 0.15) is 39.7 Å². The second kappa shape index (κ2) is 7.01. The number of aryl methyl sites for hydroxylation is 3. The Morgan fingerprint density at radius 3 is 2.58 bits per heavy atom. The first-order valence-corrected chi connectivity index (χ1v) is 7.37. The van der Waals surface area contributed by atoms with Gasteiger partial charge in [0.15, 0.2) is 12.4 Å². The molecule has 1 aromatic carbocycles. The average molecular weight is 326 g/mol. The molecule has 0 saturated heterocycles. The van der Waals surface area contributed by atoms with Crippen LogP contribution in [0.15, 0.2) is 22.6 Å². The number of ether oxygens (including phenoxy) is 1. The summed E-state index contributed by atoms with van der Waals surface area (Å²) in [5.41, 5.74) is 2.24. The van der Waals surface area contributed by atoms with Crippen molar-refractivity contribution in [3.63, 3.8) is 0 Å². The minimum atomic E-state index is -0.477. The molecule has 2 rings (SSSR count). The number of furan rings is 1. The molecule has 0 aliphatic heterocycles. The maximum absolute atomic E-state index is 12.0. The van der Waals surface area contributed by atoms with E-state index in [1.54, 1.807) is 13.0 Å². The molecule has 1 N–H and O–H groups in total. The summed E-state index contributed by atoms with van der Waals surface area (Å²) in [4.78, 5) is 23.6. The maximum atomic E-state index is 12.0. The first kappa shape index (κ1) is 17.3. The number of nitrogens with one attached hydrogen (secondary N) is 1. The third-order valence-electron chi connectivity index (χ3n) is 3.49. The largest absolute Gasteiger partial charge is 0.483 e. The Morgan fingerprint density at radius 1 is 1.29 bits per heavy atom. The highest BCUT2D eigenvalue weighted by atomic mass is 16.5. The van der Waals surface area contributed by atoms with E-state index in [1.807, 2.05) is 32.0 Å². The van der Waals surface area contributed by atoms with Crippen LogP contribution in [0.2, 0.25) is 0 Å². The van der Waals surface area contributed by atoms with Crippen LogP contribution in [-0.4, -0.2) is 18.3 Å². The summed E-state index contributed by atoms with van der Waals surface area (Å²) in [6.45, 7) is 6.54. The van der Waals surface area contributed by atoms with Crippen LogP contribution >= 0.6 is 0 Å². The molecule has 0 atom stereocenters. The molecule has 1 aromatic heterocycles. The van der Waals surface area contributed by atoms with Crippen molar-refractivity contribution in [3.8, 4) is 11.8 Å². The van der Waals surface area contributed by atoms with E-state index in [-0.39, 0.29) is 29.4 Å². The van der Waals surface area contributed by atoms with Gasteiger partial charge < -0.3 is 9.15 Å². The van der Waals surface area contributed by atoms with Crippen molar-refractivity contribution in [2.24, 2.45) is 0 Å². The van der Waals surface area contributed by atoms with Crippen LogP contribution in [0.25, 0.3) is 0 Å². The normalized spacial score (nSPS) is 10.1. The Balaban J connectivity index is 2.09. The predicted molar refractivity (Wildman–Crippen MR) is 88.2 cm³/mol. The van der Waals surface area contributed by atoms with Crippen LogP contribution < -0.4 is 10.1 Å². The molecule has 124 valence electrons. The molecule has 1 amide bonds. The van der Waals surface area contributed by atoms with Crippen LogP contribution in [0.3, 0.4) is 0 Å². The van der Waals surface area contributed by atoms with E-state index in [0.717, 1.165) is 11.1 Å². The van der Waals surface area contributed by atoms with E-state index in [2.05, 4.69) is 5.32 Å². The summed E-state index contributed by atoms with van der Waals surface area (Å²) in [6, 6.07) is 7.53. The number of nitriles is 1. The lowest BCUT2D eigenvalue weighted by Crippen LogP contribution is -2.20. The molecule has 0 fully saturated rings. The number of carbonyl (C=O) groups is 2. The Labute approximate surface area is 140 Å². The number of Topliss-reactive ketones (excluding diaryl/α,β-unsaturated/α-hetero) is 1. The average Bonchev–Trinajstić information content (AvgIpc) is 2.81. The Bertz CT molecular complexity index is 843. The fraction of sp³-hybridized carbons (Fsp3) is 0.278. The van der Waals surface area contributed by atoms with Gasteiger partial charge in [-0.25, -0.2) is 0 Å². The third kappa shape index (κ3) is 3.63. The molecule has 0 aliphatic carbocycles. The number of nitrogens with zero attached hydrogens (tertiary/aromatic N) is 1. The van der Waals surface area contributed by atoms with Gasteiger partial charge in [-0.1, -0.05) is 17.7 Å². The summed E-state index contributed by atoms with van der Waals surface area (Å²) >= 11 is 0. The smallest absolute Gasteiger partial charge is 0.264 e. The summed E-state index contributed by atoms with van der Waals surface area (Å²) in [5, 5.41) is 11.7. The van der Waals surface area contributed by atoms with Gasteiger partial charge in [-0.15, -0.1) is 0 Å². The zero-order chi connectivity index (χ0) is 17.9. The van der Waals surface area contributed by atoms with Gasteiger partial charge in [0.05, 0.1) is 5.56 Å². The molecule has 0 aliphatic rings. The Hall–Kier alpha value is -3.07. The number of carbonyl (C=O) groups excluding carboxylic acids is 2. The molecule has 0 saturated carbocycles. The Morgan fingerprint density at radius 2 is 2.00 bits per heavy atom. The van der Waals surface area contributed by atoms with Crippen LogP contribution in [0.5, 0.6) is 5.75 Å². The summed E-state index contributed by atoms with van der Waals surface area (Å²) in [6.07, 6.45) is 0. The fourth-order valence-electron chi connectivity index (χ4n) is 2.43. The Kier molecular flexibility index (Phi) is 5.05. The molecule has 0 unspecified atom stereocenters. The van der Waals surface area contributed by atoms with E-state index in [4.69, 9.17) is 9.15 Å². The van der Waals surface area contributed by atoms with Crippen molar-refractivity contribution >= 4 is 17.6 Å². The van der Waals surface area contributed by atoms with Crippen molar-refractivity contribution in [2.45, 2.75) is 27.7 Å². The fourth-order valence-corrected chi connectivity index (χ4v) is 2.43. The van der Waals surface area contributed by atoms with E-state index < -0.39 is 5.91 Å². The third-order valence-corrected chi connectivity index (χ3v) is 3.49. The molecule has 6 nitrogen and oxygen atoms in total. The summed E-state index contributed by atoms with van der Waals surface area (Å²) in [5.74, 6) is 0.102. The molecular weight excluding hydrogens is 308 g/mol. The summed E-state index contributed by atoms with van der Waals surface area (Å²) < 4.78 is 10.8. The monoisotopic (exact) mass is 326 g/mol. The van der Waals surface area contributed by atoms with Crippen LogP contribution in [0.4, 0.5) is 5.88 Å². The summed E-state index contributed by atoms with van der Waals surface area (Å²) in [7, 11) is 0. The van der Waals surface area contributed by atoms with Gasteiger partial charge in [0.1, 0.15) is 23.1 Å². The van der Waals surface area contributed by atoms with Crippen LogP contribution in [0, 0.1) is 32.1 Å².